The molecule has 2 aliphatic rings. The molecule has 2 atom stereocenters. The molecule has 0 amide bonds. The van der Waals surface area contributed by atoms with Crippen molar-refractivity contribution in [2.45, 2.75) is 37.8 Å². The molecule has 0 aromatic rings. The van der Waals surface area contributed by atoms with Crippen LogP contribution in [0.1, 0.15) is 25.7 Å². The Morgan fingerprint density at radius 2 is 2.12 bits per heavy atom. The van der Waals surface area contributed by atoms with Gasteiger partial charge in [-0.1, -0.05) is 6.42 Å². The fourth-order valence-electron chi connectivity index (χ4n) is 2.95. The van der Waals surface area contributed by atoms with Gasteiger partial charge in [-0.3, -0.25) is 4.90 Å². The summed E-state index contributed by atoms with van der Waals surface area (Å²) in [4.78, 5) is 5.04. The highest BCUT2D eigenvalue weighted by molar-refractivity contribution is 6.18. The molecule has 100 valence electrons. The topological polar surface area (TPSA) is 15.7 Å². The molecule has 4 heteroatoms. The van der Waals surface area contributed by atoms with Crippen LogP contribution in [0, 0.1) is 0 Å². The molecule has 0 aromatic carbocycles. The highest BCUT2D eigenvalue weighted by Crippen LogP contribution is 2.19. The molecule has 0 spiro atoms. The first-order valence-electron chi connectivity index (χ1n) is 6.89. The van der Waals surface area contributed by atoms with E-state index < -0.39 is 0 Å². The first-order chi connectivity index (χ1) is 8.31. The Morgan fingerprint density at radius 3 is 2.88 bits per heavy atom. The van der Waals surface area contributed by atoms with Gasteiger partial charge >= 0.3 is 0 Å². The number of hydrogen-bond donors (Lipinski definition) is 0. The second-order valence-electron chi connectivity index (χ2n) is 5.34. The zero-order valence-electron chi connectivity index (χ0n) is 10.9. The average Bonchev–Trinajstić information content (AvgIpc) is 2.38. The van der Waals surface area contributed by atoms with Crippen molar-refractivity contribution in [3.8, 4) is 0 Å². The quantitative estimate of drug-likeness (QED) is 0.717. The van der Waals surface area contributed by atoms with Crippen LogP contribution in [-0.4, -0.2) is 67.7 Å². The minimum absolute atomic E-state index is 0.430. The molecule has 2 heterocycles. The first-order valence-corrected chi connectivity index (χ1v) is 7.42. The smallest absolute Gasteiger partial charge is 0.0634 e. The molecule has 0 N–H and O–H groups in total. The van der Waals surface area contributed by atoms with E-state index in [1.54, 1.807) is 0 Å². The summed E-state index contributed by atoms with van der Waals surface area (Å²) < 4.78 is 5.48. The lowest BCUT2D eigenvalue weighted by Gasteiger charge is -2.38. The van der Waals surface area contributed by atoms with Gasteiger partial charge < -0.3 is 9.64 Å². The number of halogens is 1. The second kappa shape index (κ2) is 6.93. The van der Waals surface area contributed by atoms with E-state index in [-0.39, 0.29) is 0 Å². The van der Waals surface area contributed by atoms with Gasteiger partial charge in [-0.05, 0) is 32.9 Å². The summed E-state index contributed by atoms with van der Waals surface area (Å²) in [5.41, 5.74) is 0. The van der Waals surface area contributed by atoms with E-state index >= 15 is 0 Å². The molecule has 2 aliphatic heterocycles. The van der Waals surface area contributed by atoms with E-state index in [9.17, 15) is 0 Å². The summed E-state index contributed by atoms with van der Waals surface area (Å²) in [6, 6.07) is 1.21. The van der Waals surface area contributed by atoms with E-state index in [0.29, 0.717) is 11.9 Å². The van der Waals surface area contributed by atoms with Crippen molar-refractivity contribution >= 4 is 11.6 Å². The van der Waals surface area contributed by atoms with Crippen LogP contribution < -0.4 is 0 Å². The first kappa shape index (κ1) is 13.6. The Kier molecular flexibility index (Phi) is 5.54. The standard InChI is InChI=1S/C13H25ClN2O/c1-15-6-3-2-4-12(15)5-7-16-8-9-17-11-13(16)10-14/h12-13H,2-11H2,1H3. The molecular weight excluding hydrogens is 236 g/mol. The van der Waals surface area contributed by atoms with Gasteiger partial charge in [0.25, 0.3) is 0 Å². The number of hydrogen-bond acceptors (Lipinski definition) is 3. The van der Waals surface area contributed by atoms with Crippen molar-refractivity contribution in [2.75, 3.05) is 45.8 Å². The van der Waals surface area contributed by atoms with E-state index in [0.717, 1.165) is 25.8 Å². The van der Waals surface area contributed by atoms with Gasteiger partial charge in [0.15, 0.2) is 0 Å². The lowest BCUT2D eigenvalue weighted by atomic mass is 9.99. The van der Waals surface area contributed by atoms with Crippen LogP contribution in [0.5, 0.6) is 0 Å². The molecular formula is C13H25ClN2O. The molecule has 2 unspecified atom stereocenters. The van der Waals surface area contributed by atoms with Crippen LogP contribution >= 0.6 is 11.6 Å². The third-order valence-electron chi connectivity index (χ3n) is 4.20. The molecule has 2 saturated heterocycles. The Balaban J connectivity index is 1.75. The number of piperidine rings is 1. The van der Waals surface area contributed by atoms with Gasteiger partial charge in [-0.15, -0.1) is 11.6 Å². The van der Waals surface area contributed by atoms with E-state index in [1.165, 1.54) is 38.8 Å². The van der Waals surface area contributed by atoms with Crippen molar-refractivity contribution in [3.05, 3.63) is 0 Å². The van der Waals surface area contributed by atoms with E-state index in [4.69, 9.17) is 16.3 Å². The van der Waals surface area contributed by atoms with Crippen molar-refractivity contribution < 1.29 is 4.74 Å². The molecule has 0 saturated carbocycles. The van der Waals surface area contributed by atoms with Gasteiger partial charge in [0.1, 0.15) is 0 Å². The Bertz CT molecular complexity index is 227. The van der Waals surface area contributed by atoms with E-state index in [2.05, 4.69) is 16.8 Å². The maximum atomic E-state index is 5.99. The normalized spacial score (nSPS) is 32.8. The highest BCUT2D eigenvalue weighted by atomic mass is 35.5. The Morgan fingerprint density at radius 1 is 1.24 bits per heavy atom. The zero-order valence-corrected chi connectivity index (χ0v) is 11.7. The molecule has 3 nitrogen and oxygen atoms in total. The van der Waals surface area contributed by atoms with Crippen LogP contribution in [0.4, 0.5) is 0 Å². The van der Waals surface area contributed by atoms with Crippen molar-refractivity contribution in [3.63, 3.8) is 0 Å². The van der Waals surface area contributed by atoms with Crippen LogP contribution in [-0.2, 0) is 4.74 Å². The molecule has 0 bridgehead atoms. The molecule has 0 aromatic heterocycles. The third kappa shape index (κ3) is 3.82. The summed E-state index contributed by atoms with van der Waals surface area (Å²) >= 11 is 5.99. The maximum Gasteiger partial charge on any atom is 0.0634 e. The molecule has 2 fully saturated rings. The summed E-state index contributed by atoms with van der Waals surface area (Å²) in [7, 11) is 2.27. The van der Waals surface area contributed by atoms with Gasteiger partial charge in [0, 0.05) is 31.1 Å². The largest absolute Gasteiger partial charge is 0.378 e. The van der Waals surface area contributed by atoms with Crippen molar-refractivity contribution in [1.29, 1.82) is 0 Å². The van der Waals surface area contributed by atoms with E-state index in [1.807, 2.05) is 0 Å². The average molecular weight is 261 g/mol. The predicted molar refractivity (Wildman–Crippen MR) is 71.8 cm³/mol. The van der Waals surface area contributed by atoms with Gasteiger partial charge in [0.05, 0.1) is 13.2 Å². The van der Waals surface area contributed by atoms with Gasteiger partial charge in [-0.2, -0.15) is 0 Å². The zero-order chi connectivity index (χ0) is 12.1. The van der Waals surface area contributed by atoms with Crippen molar-refractivity contribution in [2.24, 2.45) is 0 Å². The Labute approximate surface area is 110 Å². The van der Waals surface area contributed by atoms with Crippen LogP contribution in [0.25, 0.3) is 0 Å². The minimum atomic E-state index is 0.430. The lowest BCUT2D eigenvalue weighted by molar-refractivity contribution is -0.00340. The molecule has 0 radical (unpaired) electrons. The number of morpholine rings is 1. The summed E-state index contributed by atoms with van der Waals surface area (Å²) in [6.07, 6.45) is 5.42. The summed E-state index contributed by atoms with van der Waals surface area (Å²) in [5.74, 6) is 0.695. The van der Waals surface area contributed by atoms with Crippen LogP contribution in [0.15, 0.2) is 0 Å². The molecule has 2 rings (SSSR count). The maximum absolute atomic E-state index is 5.99. The summed E-state index contributed by atoms with van der Waals surface area (Å²) in [5, 5.41) is 0. The van der Waals surface area contributed by atoms with Gasteiger partial charge in [-0.25, -0.2) is 0 Å². The third-order valence-corrected chi connectivity index (χ3v) is 4.55. The van der Waals surface area contributed by atoms with Crippen LogP contribution in [0.3, 0.4) is 0 Å². The van der Waals surface area contributed by atoms with Gasteiger partial charge in [0.2, 0.25) is 0 Å². The fourth-order valence-corrected chi connectivity index (χ4v) is 3.23. The highest BCUT2D eigenvalue weighted by Gasteiger charge is 2.24. The second-order valence-corrected chi connectivity index (χ2v) is 5.65. The predicted octanol–water partition coefficient (Wildman–Crippen LogP) is 1.80. The number of nitrogens with zero attached hydrogens (tertiary/aromatic N) is 2. The monoisotopic (exact) mass is 260 g/mol. The minimum Gasteiger partial charge on any atom is -0.378 e. The Hall–Kier alpha value is 0.170. The number of alkyl halides is 1. The van der Waals surface area contributed by atoms with Crippen LogP contribution in [0.2, 0.25) is 0 Å². The SMILES string of the molecule is CN1CCCCC1CCN1CCOCC1CCl. The fraction of sp³-hybridized carbons (Fsp3) is 1.00. The number of ether oxygens (including phenoxy) is 1. The number of rotatable bonds is 4. The lowest BCUT2D eigenvalue weighted by Crippen LogP contribution is -2.48. The molecule has 17 heavy (non-hydrogen) atoms. The van der Waals surface area contributed by atoms with Crippen molar-refractivity contribution in [1.82, 2.24) is 9.80 Å². The molecule has 0 aliphatic carbocycles. The summed E-state index contributed by atoms with van der Waals surface area (Å²) in [6.45, 7) is 5.17. The number of likely N-dealkylation sites (tertiary alicyclic amines) is 1.